The number of benzene rings is 1. The van der Waals surface area contributed by atoms with Crippen LogP contribution in [0.3, 0.4) is 0 Å². The lowest BCUT2D eigenvalue weighted by Crippen LogP contribution is -2.23. The van der Waals surface area contributed by atoms with Gasteiger partial charge in [-0.25, -0.2) is 13.1 Å². The second-order valence-corrected chi connectivity index (χ2v) is 6.53. The number of nitrogens with one attached hydrogen (secondary N) is 1. The van der Waals surface area contributed by atoms with Gasteiger partial charge in [0.1, 0.15) is 11.5 Å². The second-order valence-electron chi connectivity index (χ2n) is 4.39. The lowest BCUT2D eigenvalue weighted by Gasteiger charge is -2.12. The van der Waals surface area contributed by atoms with Crippen LogP contribution in [0.4, 0.5) is 0 Å². The van der Waals surface area contributed by atoms with E-state index in [1.54, 1.807) is 25.1 Å². The molecular weight excluding hydrogens is 314 g/mol. The maximum Gasteiger partial charge on any atom is 0.241 e. The van der Waals surface area contributed by atoms with E-state index in [4.69, 9.17) is 20.8 Å². The number of furan rings is 1. The van der Waals surface area contributed by atoms with Crippen LogP contribution < -0.4 is 9.46 Å². The predicted octanol–water partition coefficient (Wildman–Crippen LogP) is 3.12. The zero-order chi connectivity index (χ0) is 15.5. The molecule has 2 aromatic rings. The Hall–Kier alpha value is -1.50. The second kappa shape index (κ2) is 6.51. The summed E-state index contributed by atoms with van der Waals surface area (Å²) >= 11 is 6.05. The Morgan fingerprint density at radius 3 is 2.76 bits per heavy atom. The highest BCUT2D eigenvalue weighted by Crippen LogP contribution is 2.30. The molecule has 0 radical (unpaired) electrons. The molecule has 0 aliphatic heterocycles. The molecule has 1 heterocycles. The summed E-state index contributed by atoms with van der Waals surface area (Å²) in [5.41, 5.74) is 0.565. The zero-order valence-corrected chi connectivity index (χ0v) is 13.3. The van der Waals surface area contributed by atoms with Crippen LogP contribution in [0, 0.1) is 6.92 Å². The van der Waals surface area contributed by atoms with Gasteiger partial charge in [0.15, 0.2) is 0 Å². The molecule has 1 aromatic heterocycles. The average Bonchev–Trinajstić information content (AvgIpc) is 2.94. The lowest BCUT2D eigenvalue weighted by molar-refractivity contribution is 0.340. The molecular formula is C14H16ClNO4S. The molecule has 1 aromatic carbocycles. The minimum absolute atomic E-state index is 0.0829. The Labute approximate surface area is 128 Å². The van der Waals surface area contributed by atoms with Crippen LogP contribution in [-0.2, 0) is 16.6 Å². The summed E-state index contributed by atoms with van der Waals surface area (Å²) in [5.74, 6) is 1.01. The van der Waals surface area contributed by atoms with Crippen LogP contribution >= 0.6 is 11.6 Å². The van der Waals surface area contributed by atoms with Crippen molar-refractivity contribution >= 4 is 21.6 Å². The van der Waals surface area contributed by atoms with E-state index in [9.17, 15) is 8.42 Å². The summed E-state index contributed by atoms with van der Waals surface area (Å²) in [6.45, 7) is 4.07. The molecule has 0 aliphatic carbocycles. The SMILES string of the molecule is CCOc1cc(C)c(S(=O)(=O)NCc2ccco2)cc1Cl. The van der Waals surface area contributed by atoms with E-state index in [-0.39, 0.29) is 16.5 Å². The summed E-state index contributed by atoms with van der Waals surface area (Å²) in [6.07, 6.45) is 1.49. The zero-order valence-electron chi connectivity index (χ0n) is 11.7. The standard InChI is InChI=1S/C14H16ClNO4S/c1-3-19-13-7-10(2)14(8-12(13)15)21(17,18)16-9-11-5-4-6-20-11/h4-8,16H,3,9H2,1-2H3. The van der Waals surface area contributed by atoms with Crippen LogP contribution in [-0.4, -0.2) is 15.0 Å². The molecule has 0 aliphatic rings. The van der Waals surface area contributed by atoms with Gasteiger partial charge < -0.3 is 9.15 Å². The van der Waals surface area contributed by atoms with Crippen molar-refractivity contribution in [2.75, 3.05) is 6.61 Å². The lowest BCUT2D eigenvalue weighted by atomic mass is 10.2. The number of sulfonamides is 1. The Morgan fingerprint density at radius 1 is 1.38 bits per heavy atom. The van der Waals surface area contributed by atoms with Crippen LogP contribution in [0.15, 0.2) is 39.8 Å². The molecule has 0 saturated carbocycles. The van der Waals surface area contributed by atoms with Crippen LogP contribution in [0.2, 0.25) is 5.02 Å². The molecule has 0 amide bonds. The maximum absolute atomic E-state index is 12.3. The van der Waals surface area contributed by atoms with Gasteiger partial charge in [-0.2, -0.15) is 0 Å². The minimum Gasteiger partial charge on any atom is -0.492 e. The van der Waals surface area contributed by atoms with Gasteiger partial charge in [-0.15, -0.1) is 0 Å². The van der Waals surface area contributed by atoms with Crippen LogP contribution in [0.5, 0.6) is 5.75 Å². The normalized spacial score (nSPS) is 11.6. The van der Waals surface area contributed by atoms with E-state index >= 15 is 0 Å². The smallest absolute Gasteiger partial charge is 0.241 e. The van der Waals surface area contributed by atoms with Crippen LogP contribution in [0.25, 0.3) is 0 Å². The first-order valence-corrected chi connectivity index (χ1v) is 8.25. The number of hydrogen-bond acceptors (Lipinski definition) is 4. The van der Waals surface area contributed by atoms with Crippen LogP contribution in [0.1, 0.15) is 18.2 Å². The Bertz CT molecular complexity index is 711. The topological polar surface area (TPSA) is 68.5 Å². The highest BCUT2D eigenvalue weighted by Gasteiger charge is 2.19. The first-order valence-electron chi connectivity index (χ1n) is 6.39. The third kappa shape index (κ3) is 3.78. The van der Waals surface area contributed by atoms with Crippen molar-refractivity contribution in [2.24, 2.45) is 0 Å². The number of aryl methyl sites for hydroxylation is 1. The number of halogens is 1. The summed E-state index contributed by atoms with van der Waals surface area (Å²) in [6, 6.07) is 6.41. The van der Waals surface area contributed by atoms with Crippen molar-refractivity contribution in [3.05, 3.63) is 46.9 Å². The Morgan fingerprint density at radius 2 is 2.14 bits per heavy atom. The fourth-order valence-electron chi connectivity index (χ4n) is 1.85. The van der Waals surface area contributed by atoms with Gasteiger partial charge in [0, 0.05) is 0 Å². The number of ether oxygens (including phenoxy) is 1. The summed E-state index contributed by atoms with van der Waals surface area (Å²) in [7, 11) is -3.67. The van der Waals surface area contributed by atoms with Gasteiger partial charge in [-0.05, 0) is 43.7 Å². The molecule has 7 heteroatoms. The van der Waals surface area contributed by atoms with E-state index in [0.29, 0.717) is 23.7 Å². The summed E-state index contributed by atoms with van der Waals surface area (Å²) in [5, 5.41) is 0.265. The first-order chi connectivity index (χ1) is 9.94. The molecule has 0 spiro atoms. The van der Waals surface area contributed by atoms with Crippen molar-refractivity contribution in [1.29, 1.82) is 0 Å². The molecule has 5 nitrogen and oxygen atoms in total. The highest BCUT2D eigenvalue weighted by atomic mass is 35.5. The van der Waals surface area contributed by atoms with Gasteiger partial charge in [-0.1, -0.05) is 11.6 Å². The van der Waals surface area contributed by atoms with Crippen molar-refractivity contribution < 1.29 is 17.6 Å². The number of rotatable bonds is 6. The summed E-state index contributed by atoms with van der Waals surface area (Å²) < 4.78 is 37.5. The van der Waals surface area contributed by atoms with Gasteiger partial charge in [0.2, 0.25) is 10.0 Å². The van der Waals surface area contributed by atoms with Gasteiger partial charge >= 0.3 is 0 Å². The van der Waals surface area contributed by atoms with Crippen molar-refractivity contribution in [3.63, 3.8) is 0 Å². The van der Waals surface area contributed by atoms with E-state index in [1.165, 1.54) is 12.3 Å². The first kappa shape index (κ1) is 15.9. The largest absolute Gasteiger partial charge is 0.492 e. The molecule has 1 N–H and O–H groups in total. The molecule has 0 unspecified atom stereocenters. The Balaban J connectivity index is 2.25. The fourth-order valence-corrected chi connectivity index (χ4v) is 3.38. The quantitative estimate of drug-likeness (QED) is 0.884. The van der Waals surface area contributed by atoms with Gasteiger partial charge in [-0.3, -0.25) is 0 Å². The fraction of sp³-hybridized carbons (Fsp3) is 0.286. The molecule has 0 atom stereocenters. The maximum atomic E-state index is 12.3. The number of hydrogen-bond donors (Lipinski definition) is 1. The van der Waals surface area contributed by atoms with Gasteiger partial charge in [0.25, 0.3) is 0 Å². The van der Waals surface area contributed by atoms with E-state index in [1.807, 2.05) is 6.92 Å². The molecule has 0 saturated heterocycles. The molecule has 2 rings (SSSR count). The average molecular weight is 330 g/mol. The molecule has 114 valence electrons. The van der Waals surface area contributed by atoms with E-state index < -0.39 is 10.0 Å². The molecule has 0 fully saturated rings. The minimum atomic E-state index is -3.67. The molecule has 21 heavy (non-hydrogen) atoms. The van der Waals surface area contributed by atoms with Crippen molar-refractivity contribution in [3.8, 4) is 5.75 Å². The highest BCUT2D eigenvalue weighted by molar-refractivity contribution is 7.89. The van der Waals surface area contributed by atoms with E-state index in [0.717, 1.165) is 0 Å². The van der Waals surface area contributed by atoms with Gasteiger partial charge in [0.05, 0.1) is 29.3 Å². The summed E-state index contributed by atoms with van der Waals surface area (Å²) in [4.78, 5) is 0.127. The Kier molecular flexibility index (Phi) is 4.92. The van der Waals surface area contributed by atoms with Crippen molar-refractivity contribution in [2.45, 2.75) is 25.3 Å². The monoisotopic (exact) mass is 329 g/mol. The molecule has 0 bridgehead atoms. The third-order valence-electron chi connectivity index (χ3n) is 2.84. The third-order valence-corrected chi connectivity index (χ3v) is 4.67. The predicted molar refractivity (Wildman–Crippen MR) is 80.1 cm³/mol. The van der Waals surface area contributed by atoms with E-state index in [2.05, 4.69) is 4.72 Å². The van der Waals surface area contributed by atoms with Crippen molar-refractivity contribution in [1.82, 2.24) is 4.72 Å².